The van der Waals surface area contributed by atoms with Crippen LogP contribution < -0.4 is 9.47 Å². The van der Waals surface area contributed by atoms with E-state index < -0.39 is 0 Å². The van der Waals surface area contributed by atoms with Crippen LogP contribution in [-0.2, 0) is 0 Å². The summed E-state index contributed by atoms with van der Waals surface area (Å²) in [7, 11) is 3.10. The highest BCUT2D eigenvalue weighted by molar-refractivity contribution is 6.39. The summed E-state index contributed by atoms with van der Waals surface area (Å²) >= 11 is 13.7. The van der Waals surface area contributed by atoms with Gasteiger partial charge in [-0.1, -0.05) is 53.5 Å². The van der Waals surface area contributed by atoms with Crippen LogP contribution in [0.4, 0.5) is 0 Å². The molecule has 0 spiro atoms. The average molecular weight is 479 g/mol. The van der Waals surface area contributed by atoms with E-state index in [1.165, 1.54) is 7.11 Å². The first-order valence-corrected chi connectivity index (χ1v) is 10.8. The van der Waals surface area contributed by atoms with Crippen LogP contribution in [0.25, 0.3) is 33.6 Å². The van der Waals surface area contributed by atoms with Gasteiger partial charge in [0, 0.05) is 28.5 Å². The zero-order valence-corrected chi connectivity index (χ0v) is 19.7. The molecule has 0 aliphatic heterocycles. The smallest absolute Gasteiger partial charge is 0.224 e. The molecule has 0 amide bonds. The summed E-state index contributed by atoms with van der Waals surface area (Å²) in [5.74, 6) is 0.996. The Labute approximate surface area is 201 Å². The summed E-state index contributed by atoms with van der Waals surface area (Å²) in [5.41, 5.74) is 5.61. The monoisotopic (exact) mass is 478 g/mol. The Balaban J connectivity index is 1.83. The Kier molecular flexibility index (Phi) is 6.63. The van der Waals surface area contributed by atoms with Gasteiger partial charge in [0.15, 0.2) is 6.29 Å². The first kappa shape index (κ1) is 22.8. The van der Waals surface area contributed by atoms with Gasteiger partial charge >= 0.3 is 0 Å². The largest absolute Gasteiger partial charge is 0.496 e. The number of carbonyl (C=O) groups is 1. The van der Waals surface area contributed by atoms with Crippen LogP contribution in [0.5, 0.6) is 11.6 Å². The molecule has 0 saturated carbocycles. The fraction of sp³-hybridized carbons (Fsp3) is 0.115. The Morgan fingerprint density at radius 3 is 2.36 bits per heavy atom. The number of halogens is 2. The lowest BCUT2D eigenvalue weighted by Crippen LogP contribution is -1.96. The zero-order chi connectivity index (χ0) is 23.5. The van der Waals surface area contributed by atoms with Gasteiger partial charge in [-0.25, -0.2) is 4.98 Å². The van der Waals surface area contributed by atoms with Crippen LogP contribution >= 0.6 is 23.2 Å². The van der Waals surface area contributed by atoms with E-state index in [0.29, 0.717) is 38.8 Å². The highest BCUT2D eigenvalue weighted by atomic mass is 35.5. The number of aromatic nitrogens is 2. The molecule has 166 valence electrons. The molecule has 2 aromatic heterocycles. The van der Waals surface area contributed by atoms with Gasteiger partial charge in [0.2, 0.25) is 5.88 Å². The molecular formula is C26H20Cl2N2O3. The molecule has 33 heavy (non-hydrogen) atoms. The number of aryl methyl sites for hydroxylation is 1. The third-order valence-corrected chi connectivity index (χ3v) is 6.14. The number of ether oxygens (including phenoxy) is 2. The maximum Gasteiger partial charge on any atom is 0.224 e. The normalized spacial score (nSPS) is 10.7. The van der Waals surface area contributed by atoms with Gasteiger partial charge < -0.3 is 9.47 Å². The molecule has 0 unspecified atom stereocenters. The van der Waals surface area contributed by atoms with Crippen molar-refractivity contribution < 1.29 is 14.3 Å². The number of benzene rings is 2. The van der Waals surface area contributed by atoms with Crippen molar-refractivity contribution in [1.29, 1.82) is 0 Å². The maximum atomic E-state index is 11.2. The number of aldehydes is 1. The van der Waals surface area contributed by atoms with Crippen LogP contribution in [0, 0.1) is 6.92 Å². The molecular weight excluding hydrogens is 459 g/mol. The van der Waals surface area contributed by atoms with E-state index in [-0.39, 0.29) is 5.88 Å². The van der Waals surface area contributed by atoms with Gasteiger partial charge in [0.05, 0.1) is 41.2 Å². The molecule has 2 aromatic carbocycles. The summed E-state index contributed by atoms with van der Waals surface area (Å²) in [5, 5.41) is 0.954. The van der Waals surface area contributed by atoms with E-state index in [0.717, 1.165) is 28.0 Å². The van der Waals surface area contributed by atoms with Crippen LogP contribution in [0.15, 0.2) is 60.8 Å². The molecule has 4 aromatic rings. The molecule has 0 bridgehead atoms. The maximum absolute atomic E-state index is 11.2. The van der Waals surface area contributed by atoms with Crippen molar-refractivity contribution >= 4 is 29.5 Å². The molecule has 0 atom stereocenters. The van der Waals surface area contributed by atoms with Gasteiger partial charge in [-0.2, -0.15) is 0 Å². The summed E-state index contributed by atoms with van der Waals surface area (Å²) in [4.78, 5) is 20.2. The highest BCUT2D eigenvalue weighted by Gasteiger charge is 2.18. The number of methoxy groups -OCH3 is 2. The second kappa shape index (κ2) is 9.61. The average Bonchev–Trinajstić information content (AvgIpc) is 2.84. The minimum absolute atomic E-state index is 0.238. The lowest BCUT2D eigenvalue weighted by atomic mass is 9.99. The predicted molar refractivity (Wildman–Crippen MR) is 132 cm³/mol. The quantitative estimate of drug-likeness (QED) is 0.281. The molecule has 7 heteroatoms. The first-order valence-electron chi connectivity index (χ1n) is 10.1. The number of rotatable bonds is 6. The first-order chi connectivity index (χ1) is 16.0. The summed E-state index contributed by atoms with van der Waals surface area (Å²) in [6, 6.07) is 16.7. The third kappa shape index (κ3) is 4.30. The SMILES string of the molecule is COc1cc(-c2nccc(-c3cccc(-c4ccc(C=O)c(OC)n4)c3Cl)c2Cl)ccc1C. The van der Waals surface area contributed by atoms with E-state index in [1.807, 2.05) is 49.4 Å². The number of hydrogen-bond donors (Lipinski definition) is 0. The van der Waals surface area contributed by atoms with Crippen molar-refractivity contribution in [1.82, 2.24) is 9.97 Å². The fourth-order valence-corrected chi connectivity index (χ4v) is 4.26. The second-order valence-electron chi connectivity index (χ2n) is 7.29. The molecule has 2 heterocycles. The minimum atomic E-state index is 0.238. The molecule has 0 aliphatic rings. The van der Waals surface area contributed by atoms with E-state index in [9.17, 15) is 4.79 Å². The van der Waals surface area contributed by atoms with E-state index in [2.05, 4.69) is 9.97 Å². The lowest BCUT2D eigenvalue weighted by molar-refractivity contribution is 0.112. The minimum Gasteiger partial charge on any atom is -0.496 e. The molecule has 0 radical (unpaired) electrons. The van der Waals surface area contributed by atoms with Gasteiger partial charge in [0.25, 0.3) is 0 Å². The van der Waals surface area contributed by atoms with Gasteiger partial charge in [-0.15, -0.1) is 0 Å². The Morgan fingerprint density at radius 1 is 0.879 bits per heavy atom. The van der Waals surface area contributed by atoms with Crippen LogP contribution in [0.2, 0.25) is 10.0 Å². The molecule has 0 aliphatic carbocycles. The van der Waals surface area contributed by atoms with Crippen molar-refractivity contribution in [3.05, 3.63) is 82.0 Å². The zero-order valence-electron chi connectivity index (χ0n) is 18.2. The lowest BCUT2D eigenvalue weighted by Gasteiger charge is -2.14. The van der Waals surface area contributed by atoms with Gasteiger partial charge in [-0.3, -0.25) is 9.78 Å². The standard InChI is InChI=1S/C26H20Cl2N2O3/c1-15-7-8-16(13-22(15)32-2)25-24(28)19(11-12-29-25)18-5-4-6-20(23(18)27)21-10-9-17(14-31)26(30-21)33-3/h4-14H,1-3H3. The fourth-order valence-electron chi connectivity index (χ4n) is 3.61. The second-order valence-corrected chi connectivity index (χ2v) is 8.04. The highest BCUT2D eigenvalue weighted by Crippen LogP contribution is 2.42. The van der Waals surface area contributed by atoms with Crippen LogP contribution in [0.3, 0.4) is 0 Å². The van der Waals surface area contributed by atoms with E-state index in [4.69, 9.17) is 32.7 Å². The van der Waals surface area contributed by atoms with E-state index in [1.54, 1.807) is 25.4 Å². The van der Waals surface area contributed by atoms with E-state index >= 15 is 0 Å². The predicted octanol–water partition coefficient (Wildman–Crippen LogP) is 6.92. The molecule has 5 nitrogen and oxygen atoms in total. The number of carbonyl (C=O) groups excluding carboxylic acids is 1. The van der Waals surface area contributed by atoms with Crippen LogP contribution in [-0.4, -0.2) is 30.5 Å². The molecule has 0 N–H and O–H groups in total. The summed E-state index contributed by atoms with van der Waals surface area (Å²) in [6.45, 7) is 1.98. The Hall–Kier alpha value is -3.41. The van der Waals surface area contributed by atoms with Crippen molar-refractivity contribution in [2.24, 2.45) is 0 Å². The van der Waals surface area contributed by atoms with Gasteiger partial charge in [-0.05, 0) is 36.8 Å². The molecule has 4 rings (SSSR count). The Morgan fingerprint density at radius 2 is 1.64 bits per heavy atom. The van der Waals surface area contributed by atoms with Gasteiger partial charge in [0.1, 0.15) is 5.75 Å². The number of pyridine rings is 2. The van der Waals surface area contributed by atoms with Crippen molar-refractivity contribution in [2.75, 3.05) is 14.2 Å². The van der Waals surface area contributed by atoms with Crippen molar-refractivity contribution in [3.8, 4) is 45.3 Å². The molecule has 0 saturated heterocycles. The topological polar surface area (TPSA) is 61.3 Å². The summed E-state index contributed by atoms with van der Waals surface area (Å²) < 4.78 is 10.7. The molecule has 0 fully saturated rings. The summed E-state index contributed by atoms with van der Waals surface area (Å²) in [6.07, 6.45) is 2.40. The number of hydrogen-bond acceptors (Lipinski definition) is 5. The van der Waals surface area contributed by atoms with Crippen molar-refractivity contribution in [3.63, 3.8) is 0 Å². The number of nitrogens with zero attached hydrogens (tertiary/aromatic N) is 2. The van der Waals surface area contributed by atoms with Crippen molar-refractivity contribution in [2.45, 2.75) is 6.92 Å². The third-order valence-electron chi connectivity index (χ3n) is 5.35. The van der Waals surface area contributed by atoms with Crippen LogP contribution in [0.1, 0.15) is 15.9 Å². The Bertz CT molecular complexity index is 1360.